The first-order chi connectivity index (χ1) is 8.69. The Hall–Kier alpha value is -0.160. The van der Waals surface area contributed by atoms with Crippen molar-refractivity contribution in [3.8, 4) is 0 Å². The molecule has 0 saturated carbocycles. The summed E-state index contributed by atoms with van der Waals surface area (Å²) in [7, 11) is 4.21. The Morgan fingerprint density at radius 1 is 0.895 bits per heavy atom. The number of likely N-dealkylation sites (N-methyl/N-ethyl adjacent to an activating group) is 2. The third kappa shape index (κ3) is 10.3. The summed E-state index contributed by atoms with van der Waals surface area (Å²) in [6.07, 6.45) is 1.17. The van der Waals surface area contributed by atoms with Gasteiger partial charge in [-0.2, -0.15) is 0 Å². The van der Waals surface area contributed by atoms with Crippen molar-refractivity contribution in [2.24, 2.45) is 0 Å². The Labute approximate surface area is 120 Å². The Bertz CT molecular complexity index is 221. The molecule has 0 aromatic rings. The van der Waals surface area contributed by atoms with Gasteiger partial charge in [-0.05, 0) is 61.7 Å². The normalized spacial score (nSPS) is 13.3. The predicted molar refractivity (Wildman–Crippen MR) is 85.9 cm³/mol. The number of rotatable bonds is 10. The minimum absolute atomic E-state index is 0.217. The minimum Gasteiger partial charge on any atom is -0.318 e. The lowest BCUT2D eigenvalue weighted by atomic mass is 9.98. The van der Waals surface area contributed by atoms with Crippen LogP contribution in [-0.4, -0.2) is 62.8 Å². The molecule has 0 aromatic heterocycles. The van der Waals surface area contributed by atoms with E-state index in [2.05, 4.69) is 62.5 Å². The molecule has 0 aliphatic heterocycles. The van der Waals surface area contributed by atoms with E-state index in [0.717, 1.165) is 32.7 Å². The van der Waals surface area contributed by atoms with Gasteiger partial charge in [0.15, 0.2) is 0 Å². The highest BCUT2D eigenvalue weighted by atomic mass is 15.2. The van der Waals surface area contributed by atoms with Gasteiger partial charge in [-0.1, -0.05) is 0 Å². The second-order valence-electron chi connectivity index (χ2n) is 7.01. The van der Waals surface area contributed by atoms with Crippen molar-refractivity contribution in [1.29, 1.82) is 0 Å². The van der Waals surface area contributed by atoms with Gasteiger partial charge in [0.25, 0.3) is 0 Å². The second-order valence-corrected chi connectivity index (χ2v) is 7.01. The number of nitrogens with zero attached hydrogens (tertiary/aromatic N) is 1. The Morgan fingerprint density at radius 3 is 2.05 bits per heavy atom. The summed E-state index contributed by atoms with van der Waals surface area (Å²) < 4.78 is 0. The molecule has 3 N–H and O–H groups in total. The van der Waals surface area contributed by atoms with Crippen LogP contribution >= 0.6 is 0 Å². The molecule has 0 spiro atoms. The highest BCUT2D eigenvalue weighted by Crippen LogP contribution is 2.15. The van der Waals surface area contributed by atoms with Crippen molar-refractivity contribution >= 4 is 0 Å². The van der Waals surface area contributed by atoms with Gasteiger partial charge in [0.1, 0.15) is 0 Å². The monoisotopic (exact) mass is 272 g/mol. The van der Waals surface area contributed by atoms with Crippen LogP contribution in [0.2, 0.25) is 0 Å². The summed E-state index contributed by atoms with van der Waals surface area (Å²) in [6, 6.07) is 0. The van der Waals surface area contributed by atoms with Crippen LogP contribution in [0, 0.1) is 0 Å². The largest absolute Gasteiger partial charge is 0.318 e. The molecular formula is C15H36N4. The molecule has 0 fully saturated rings. The molecule has 0 aliphatic carbocycles. The maximum absolute atomic E-state index is 3.52. The van der Waals surface area contributed by atoms with Crippen molar-refractivity contribution in [2.75, 3.05) is 46.8 Å². The quantitative estimate of drug-likeness (QED) is 0.524. The molecule has 0 rings (SSSR count). The molecule has 0 bridgehead atoms. The fourth-order valence-electron chi connectivity index (χ4n) is 1.82. The molecule has 0 unspecified atom stereocenters. The molecule has 4 heteroatoms. The van der Waals surface area contributed by atoms with Gasteiger partial charge in [-0.25, -0.2) is 0 Å². The van der Waals surface area contributed by atoms with Crippen molar-refractivity contribution in [2.45, 2.75) is 52.1 Å². The van der Waals surface area contributed by atoms with Crippen molar-refractivity contribution < 1.29 is 0 Å². The van der Waals surface area contributed by atoms with Crippen LogP contribution in [0.3, 0.4) is 0 Å². The van der Waals surface area contributed by atoms with Crippen molar-refractivity contribution in [1.82, 2.24) is 20.9 Å². The standard InChI is InChI=1S/C15H36N4/c1-14(2,3)18-11-10-17-9-8-15(4,5)19(7)13-12-16-6/h16-18H,8-13H2,1-7H3. The van der Waals surface area contributed by atoms with Crippen LogP contribution in [0.4, 0.5) is 0 Å². The van der Waals surface area contributed by atoms with Crippen molar-refractivity contribution in [3.05, 3.63) is 0 Å². The lowest BCUT2D eigenvalue weighted by molar-refractivity contribution is 0.146. The highest BCUT2D eigenvalue weighted by Gasteiger charge is 2.22. The van der Waals surface area contributed by atoms with E-state index in [1.165, 1.54) is 6.42 Å². The Morgan fingerprint density at radius 2 is 1.53 bits per heavy atom. The van der Waals surface area contributed by atoms with Gasteiger partial charge in [-0.3, -0.25) is 4.90 Å². The Balaban J connectivity index is 3.68. The first-order valence-electron chi connectivity index (χ1n) is 7.50. The van der Waals surface area contributed by atoms with E-state index in [4.69, 9.17) is 0 Å². The van der Waals surface area contributed by atoms with E-state index < -0.39 is 0 Å². The molecule has 0 amide bonds. The number of hydrogen-bond donors (Lipinski definition) is 3. The first-order valence-corrected chi connectivity index (χ1v) is 7.50. The average molecular weight is 272 g/mol. The van der Waals surface area contributed by atoms with E-state index >= 15 is 0 Å². The van der Waals surface area contributed by atoms with Crippen LogP contribution in [0.15, 0.2) is 0 Å². The summed E-state index contributed by atoms with van der Waals surface area (Å²) in [5.74, 6) is 0. The highest BCUT2D eigenvalue weighted by molar-refractivity contribution is 4.80. The van der Waals surface area contributed by atoms with Gasteiger partial charge in [0, 0.05) is 37.3 Å². The Kier molecular flexibility index (Phi) is 8.83. The molecule has 116 valence electrons. The fraction of sp³-hybridized carbons (Fsp3) is 1.00. The number of hydrogen-bond acceptors (Lipinski definition) is 4. The van der Waals surface area contributed by atoms with Gasteiger partial charge in [0.2, 0.25) is 0 Å². The first kappa shape index (κ1) is 18.8. The molecule has 0 heterocycles. The van der Waals surface area contributed by atoms with Gasteiger partial charge in [0.05, 0.1) is 0 Å². The molecule has 4 nitrogen and oxygen atoms in total. The molecule has 0 aliphatic rings. The van der Waals surface area contributed by atoms with E-state index in [0.29, 0.717) is 0 Å². The zero-order valence-corrected chi connectivity index (χ0v) is 14.2. The van der Waals surface area contributed by atoms with E-state index in [-0.39, 0.29) is 11.1 Å². The summed E-state index contributed by atoms with van der Waals surface area (Å²) in [4.78, 5) is 2.43. The zero-order chi connectivity index (χ0) is 14.9. The lowest BCUT2D eigenvalue weighted by Gasteiger charge is -2.36. The van der Waals surface area contributed by atoms with Gasteiger partial charge in [-0.15, -0.1) is 0 Å². The smallest absolute Gasteiger partial charge is 0.0162 e. The number of nitrogens with one attached hydrogen (secondary N) is 3. The minimum atomic E-state index is 0.217. The molecule has 0 radical (unpaired) electrons. The summed E-state index contributed by atoms with van der Waals surface area (Å²) in [5.41, 5.74) is 0.468. The third-order valence-electron chi connectivity index (χ3n) is 3.60. The fourth-order valence-corrected chi connectivity index (χ4v) is 1.82. The van der Waals surface area contributed by atoms with Crippen LogP contribution in [0.25, 0.3) is 0 Å². The van der Waals surface area contributed by atoms with Crippen LogP contribution in [-0.2, 0) is 0 Å². The molecule has 0 atom stereocenters. The topological polar surface area (TPSA) is 39.3 Å². The van der Waals surface area contributed by atoms with E-state index in [1.54, 1.807) is 0 Å². The lowest BCUT2D eigenvalue weighted by Crippen LogP contribution is -2.46. The maximum atomic E-state index is 3.52. The van der Waals surface area contributed by atoms with Crippen molar-refractivity contribution in [3.63, 3.8) is 0 Å². The zero-order valence-electron chi connectivity index (χ0n) is 14.2. The van der Waals surface area contributed by atoms with E-state index in [9.17, 15) is 0 Å². The summed E-state index contributed by atoms with van der Waals surface area (Å²) >= 11 is 0. The third-order valence-corrected chi connectivity index (χ3v) is 3.60. The van der Waals surface area contributed by atoms with Gasteiger partial charge < -0.3 is 16.0 Å². The summed E-state index contributed by atoms with van der Waals surface area (Å²) in [5, 5.41) is 10.2. The van der Waals surface area contributed by atoms with Gasteiger partial charge >= 0.3 is 0 Å². The average Bonchev–Trinajstić information content (AvgIpc) is 2.29. The van der Waals surface area contributed by atoms with Crippen LogP contribution < -0.4 is 16.0 Å². The molecule has 19 heavy (non-hydrogen) atoms. The molecule has 0 aromatic carbocycles. The molecule has 0 saturated heterocycles. The molecular weight excluding hydrogens is 236 g/mol. The summed E-state index contributed by atoms with van der Waals surface area (Å²) in [6.45, 7) is 16.5. The van der Waals surface area contributed by atoms with Crippen LogP contribution in [0.5, 0.6) is 0 Å². The maximum Gasteiger partial charge on any atom is 0.0162 e. The van der Waals surface area contributed by atoms with Crippen LogP contribution in [0.1, 0.15) is 41.0 Å². The van der Waals surface area contributed by atoms with E-state index in [1.807, 2.05) is 7.05 Å². The predicted octanol–water partition coefficient (Wildman–Crippen LogP) is 1.28. The SMILES string of the molecule is CNCCN(C)C(C)(C)CCNCCNC(C)(C)C. The second kappa shape index (κ2) is 8.90.